The van der Waals surface area contributed by atoms with Crippen molar-refractivity contribution in [2.24, 2.45) is 5.92 Å². The third-order valence-electron chi connectivity index (χ3n) is 12.1. The number of para-hydroxylation sites is 2. The van der Waals surface area contributed by atoms with Crippen molar-refractivity contribution < 1.29 is 19.4 Å². The minimum absolute atomic E-state index is 0.0277. The summed E-state index contributed by atoms with van der Waals surface area (Å²) in [5.41, 5.74) is 7.94. The van der Waals surface area contributed by atoms with Crippen molar-refractivity contribution in [3.63, 3.8) is 0 Å². The van der Waals surface area contributed by atoms with E-state index in [0.717, 1.165) is 68.4 Å². The van der Waals surface area contributed by atoms with Gasteiger partial charge in [0, 0.05) is 60.7 Å². The third-order valence-corrected chi connectivity index (χ3v) is 12.1. The summed E-state index contributed by atoms with van der Waals surface area (Å²) in [5, 5.41) is 21.6. The summed E-state index contributed by atoms with van der Waals surface area (Å²) in [7, 11) is 0. The maximum Gasteiger partial charge on any atom is 0.407 e. The van der Waals surface area contributed by atoms with Gasteiger partial charge in [-0.15, -0.1) is 0 Å². The number of carbonyl (C=O) groups excluding carboxylic acids is 1. The van der Waals surface area contributed by atoms with E-state index in [1.165, 1.54) is 22.5 Å². The van der Waals surface area contributed by atoms with Gasteiger partial charge in [-0.05, 0) is 86.1 Å². The summed E-state index contributed by atoms with van der Waals surface area (Å²) in [6.07, 6.45) is 13.8. The zero-order chi connectivity index (χ0) is 44.9. The molecule has 0 saturated heterocycles. The number of aromatic nitrogens is 1. The number of hydrogen-bond acceptors (Lipinski definition) is 8. The number of allylic oxidation sites excluding steroid dienone is 6. The molecule has 1 fully saturated rings. The molecule has 1 aliphatic heterocycles. The highest BCUT2D eigenvalue weighted by Gasteiger charge is 2.40. The number of hydrogen-bond donors (Lipinski definition) is 4. The van der Waals surface area contributed by atoms with Gasteiger partial charge in [0.15, 0.2) is 0 Å². The second-order valence-electron chi connectivity index (χ2n) is 18.0. The molecule has 62 heavy (non-hydrogen) atoms. The van der Waals surface area contributed by atoms with E-state index in [4.69, 9.17) is 9.47 Å². The lowest BCUT2D eigenvalue weighted by Crippen LogP contribution is -2.33. The number of anilines is 3. The number of alkyl carbamates (subject to hydrolysis) is 1. The Morgan fingerprint density at radius 3 is 2.44 bits per heavy atom. The molecule has 5 rings (SSSR count). The Morgan fingerprint density at radius 1 is 0.968 bits per heavy atom. The van der Waals surface area contributed by atoms with Gasteiger partial charge in [-0.2, -0.15) is 0 Å². The number of nitrogens with one attached hydrogen (secondary N) is 3. The molecular formula is C52H73N5O5. The number of amides is 1. The first-order valence-electron chi connectivity index (χ1n) is 22.9. The maximum atomic E-state index is 14.9. The highest BCUT2D eigenvalue weighted by molar-refractivity contribution is 5.71. The largest absolute Gasteiger partial charge is 0.507 e. The van der Waals surface area contributed by atoms with Crippen LogP contribution in [0.15, 0.2) is 107 Å². The molecule has 3 aromatic rings. The van der Waals surface area contributed by atoms with E-state index in [9.17, 15) is 14.7 Å². The molecule has 2 aliphatic rings. The van der Waals surface area contributed by atoms with Crippen molar-refractivity contribution in [1.29, 1.82) is 0 Å². The lowest BCUT2D eigenvalue weighted by atomic mass is 9.79. The van der Waals surface area contributed by atoms with E-state index in [-0.39, 0.29) is 47.1 Å². The normalized spacial score (nSPS) is 18.4. The van der Waals surface area contributed by atoms with Crippen LogP contribution in [0, 0.1) is 5.92 Å². The zero-order valence-corrected chi connectivity index (χ0v) is 38.7. The van der Waals surface area contributed by atoms with Gasteiger partial charge in [0.25, 0.3) is 5.56 Å². The molecule has 2 unspecified atom stereocenters. The Labute approximate surface area is 371 Å². The molecule has 4 N–H and O–H groups in total. The van der Waals surface area contributed by atoms with Crippen LogP contribution in [-0.4, -0.2) is 61.8 Å². The summed E-state index contributed by atoms with van der Waals surface area (Å²) in [5.74, 6) is 0.0732. The summed E-state index contributed by atoms with van der Waals surface area (Å²) in [6.45, 7) is 24.8. The molecule has 336 valence electrons. The van der Waals surface area contributed by atoms with Gasteiger partial charge in [-0.1, -0.05) is 121 Å². The second kappa shape index (κ2) is 22.2. The van der Waals surface area contributed by atoms with E-state index in [0.29, 0.717) is 37.7 Å². The van der Waals surface area contributed by atoms with Crippen molar-refractivity contribution in [3.05, 3.63) is 129 Å². The van der Waals surface area contributed by atoms with Gasteiger partial charge >= 0.3 is 6.09 Å². The van der Waals surface area contributed by atoms with E-state index in [1.807, 2.05) is 13.8 Å². The molecule has 2 atom stereocenters. The highest BCUT2D eigenvalue weighted by atomic mass is 16.5. The van der Waals surface area contributed by atoms with Crippen LogP contribution in [0.3, 0.4) is 0 Å². The second-order valence-corrected chi connectivity index (χ2v) is 18.0. The summed E-state index contributed by atoms with van der Waals surface area (Å²) < 4.78 is 12.6. The smallest absolute Gasteiger partial charge is 0.407 e. The molecule has 2 heterocycles. The first kappa shape index (κ1) is 47.8. The molecule has 1 saturated carbocycles. The zero-order valence-electron chi connectivity index (χ0n) is 38.7. The molecule has 1 aromatic heterocycles. The van der Waals surface area contributed by atoms with Crippen LogP contribution in [0.4, 0.5) is 22.0 Å². The molecule has 10 nitrogen and oxygen atoms in total. The fourth-order valence-corrected chi connectivity index (χ4v) is 8.97. The summed E-state index contributed by atoms with van der Waals surface area (Å²) in [4.78, 5) is 30.0. The van der Waals surface area contributed by atoms with E-state index in [2.05, 4.69) is 142 Å². The van der Waals surface area contributed by atoms with Crippen LogP contribution in [0.1, 0.15) is 117 Å². The standard InChI is InChI=1S/C52H73N5O5/c1-10-28-53-42-21-15-13-19-40(42)51(6,7)27-17-18-38-23-24-39(25-26-45-52(8,9)41-20-14-16-22-43(41)56(45)31-12-3)47(38)48-44(58)35-46(54-29-11-2)57(49(48)59)32-34-62-50(60)55-30-33-61-36-37(4)5/h13-22,25-26,35,38,47,53-54,58H,4,10-12,23-24,27-34,36H2,1-3,5-9H3,(H,55,60)/b18-17+,39-25-,45-26-. The lowest BCUT2D eigenvalue weighted by Gasteiger charge is -2.28. The summed E-state index contributed by atoms with van der Waals surface area (Å²) in [6, 6.07) is 18.9. The number of nitrogens with zero attached hydrogens (tertiary/aromatic N) is 2. The minimum atomic E-state index is -0.584. The molecule has 0 bridgehead atoms. The van der Waals surface area contributed by atoms with Crippen LogP contribution < -0.4 is 26.4 Å². The van der Waals surface area contributed by atoms with Gasteiger partial charge in [0.2, 0.25) is 0 Å². The van der Waals surface area contributed by atoms with E-state index >= 15 is 0 Å². The quantitative estimate of drug-likeness (QED) is 0.0583. The van der Waals surface area contributed by atoms with Gasteiger partial charge in [0.1, 0.15) is 18.2 Å². The van der Waals surface area contributed by atoms with E-state index in [1.54, 1.807) is 10.6 Å². The number of ether oxygens (including phenoxy) is 2. The van der Waals surface area contributed by atoms with E-state index < -0.39 is 6.09 Å². The monoisotopic (exact) mass is 848 g/mol. The van der Waals surface area contributed by atoms with Gasteiger partial charge in [0.05, 0.1) is 25.3 Å². The van der Waals surface area contributed by atoms with Crippen molar-refractivity contribution in [1.82, 2.24) is 9.88 Å². The fraction of sp³-hybridized carbons (Fsp3) is 0.500. The van der Waals surface area contributed by atoms with Crippen molar-refractivity contribution in [3.8, 4) is 5.75 Å². The Bertz CT molecular complexity index is 2150. The Morgan fingerprint density at radius 2 is 1.69 bits per heavy atom. The molecule has 1 aliphatic carbocycles. The highest BCUT2D eigenvalue weighted by Crippen LogP contribution is 2.50. The van der Waals surface area contributed by atoms with Crippen LogP contribution in [0.25, 0.3) is 0 Å². The molecule has 2 aromatic carbocycles. The number of benzene rings is 2. The van der Waals surface area contributed by atoms with Crippen LogP contribution in [-0.2, 0) is 26.8 Å². The molecule has 1 amide bonds. The Balaban J connectivity index is 1.52. The van der Waals surface area contributed by atoms with Gasteiger partial charge in [-0.3, -0.25) is 9.36 Å². The number of rotatable bonds is 22. The lowest BCUT2D eigenvalue weighted by molar-refractivity contribution is 0.128. The van der Waals surface area contributed by atoms with Crippen LogP contribution in [0.2, 0.25) is 0 Å². The molecule has 0 radical (unpaired) electrons. The molecular weight excluding hydrogens is 775 g/mol. The fourth-order valence-electron chi connectivity index (χ4n) is 8.97. The number of aromatic hydroxyl groups is 1. The van der Waals surface area contributed by atoms with Gasteiger partial charge < -0.3 is 35.4 Å². The first-order valence-corrected chi connectivity index (χ1v) is 22.9. The molecule has 0 spiro atoms. The van der Waals surface area contributed by atoms with Crippen LogP contribution >= 0.6 is 0 Å². The maximum absolute atomic E-state index is 14.9. The number of fused-ring (bicyclic) bond motifs is 1. The Hall–Kier alpha value is -5.22. The van der Waals surface area contributed by atoms with Crippen molar-refractivity contribution in [2.75, 3.05) is 61.5 Å². The number of pyridine rings is 1. The topological polar surface area (TPSA) is 117 Å². The van der Waals surface area contributed by atoms with Gasteiger partial charge in [-0.25, -0.2) is 4.79 Å². The average molecular weight is 848 g/mol. The number of carbonyl (C=O) groups is 1. The Kier molecular flexibility index (Phi) is 17.1. The minimum Gasteiger partial charge on any atom is -0.507 e. The van der Waals surface area contributed by atoms with Crippen molar-refractivity contribution in [2.45, 2.75) is 117 Å². The van der Waals surface area contributed by atoms with Crippen LogP contribution in [0.5, 0.6) is 5.75 Å². The first-order chi connectivity index (χ1) is 29.7. The summed E-state index contributed by atoms with van der Waals surface area (Å²) >= 11 is 0. The molecule has 10 heteroatoms. The SMILES string of the molecule is C=C(C)COCCNC(=O)OCCn1c(NCCC)cc(O)c(C2/C(=C\C=C3/N(CCC)c4ccccc4C3(C)C)CCC2/C=C/CC(C)(C)c2ccccc2NCCC)c1=O. The third kappa shape index (κ3) is 11.6. The predicted octanol–water partition coefficient (Wildman–Crippen LogP) is 11.0. The van der Waals surface area contributed by atoms with Crippen molar-refractivity contribution >= 4 is 23.3 Å². The predicted molar refractivity (Wildman–Crippen MR) is 257 cm³/mol. The average Bonchev–Trinajstić information content (AvgIpc) is 3.72.